The molecule has 0 saturated carbocycles. The van der Waals surface area contributed by atoms with Gasteiger partial charge in [0.05, 0.1) is 22.7 Å². The van der Waals surface area contributed by atoms with E-state index in [4.69, 9.17) is 33.0 Å². The molecule has 9 heteroatoms. The maximum Gasteiger partial charge on any atom is 0.412 e. The van der Waals surface area contributed by atoms with E-state index in [1.807, 2.05) is 55.5 Å². The van der Waals surface area contributed by atoms with Crippen LogP contribution in [0.4, 0.5) is 10.5 Å². The summed E-state index contributed by atoms with van der Waals surface area (Å²) in [6.07, 6.45) is -1.21. The van der Waals surface area contributed by atoms with Crippen LogP contribution in [0.1, 0.15) is 29.8 Å². The van der Waals surface area contributed by atoms with E-state index in [2.05, 4.69) is 9.69 Å². The second-order valence-corrected chi connectivity index (χ2v) is 9.72. The number of halogens is 2. The number of carboxylic acid groups (broad SMARTS) is 1. The molecule has 1 unspecified atom stereocenters. The van der Waals surface area contributed by atoms with Gasteiger partial charge in [-0.25, -0.2) is 4.79 Å². The Labute approximate surface area is 222 Å². The monoisotopic (exact) mass is 540 g/mol. The molecular formula is C27H22Cl2N2O4S. The highest BCUT2D eigenvalue weighted by Crippen LogP contribution is 2.37. The molecule has 0 aliphatic heterocycles. The lowest BCUT2D eigenvalue weighted by Gasteiger charge is -2.16. The smallest absolute Gasteiger partial charge is 0.412 e. The van der Waals surface area contributed by atoms with Gasteiger partial charge >= 0.3 is 12.1 Å². The number of aliphatic carboxylic acids is 1. The Morgan fingerprint density at radius 3 is 2.39 bits per heavy atom. The van der Waals surface area contributed by atoms with Crippen LogP contribution in [0.15, 0.2) is 66.7 Å². The second kappa shape index (κ2) is 11.1. The van der Waals surface area contributed by atoms with E-state index in [1.54, 1.807) is 25.1 Å². The van der Waals surface area contributed by atoms with E-state index < -0.39 is 18.2 Å². The highest BCUT2D eigenvalue weighted by Gasteiger charge is 2.19. The number of aryl methyl sites for hydroxylation is 1. The Kier molecular flexibility index (Phi) is 7.94. The molecule has 0 aliphatic rings. The summed E-state index contributed by atoms with van der Waals surface area (Å²) >= 11 is 13.9. The zero-order valence-corrected chi connectivity index (χ0v) is 21.7. The molecule has 6 nitrogen and oxygen atoms in total. The SMILES string of the molecule is Cc1nsc(-c2ccc(-c3ccc(CC(=O)O)cc3Cl)cc2)c1NC(=O)OC(C)c1ccccc1Cl. The first-order chi connectivity index (χ1) is 17.2. The second-order valence-electron chi connectivity index (χ2n) is 8.13. The standard InChI is InChI=1S/C27H22Cl2N2O4S/c1-15-25(30-27(34)35-16(2)20-5-3-4-6-22(20)28)26(36-31-15)19-10-8-18(9-11-19)21-12-7-17(13-23(21)29)14-24(32)33/h3-13,16H,14H2,1-2H3,(H,30,34)(H,32,33). The molecule has 0 saturated heterocycles. The Hall–Kier alpha value is -3.39. The molecule has 4 rings (SSSR count). The predicted octanol–water partition coefficient (Wildman–Crippen LogP) is 8.03. The molecule has 3 aromatic carbocycles. The number of nitrogens with zero attached hydrogens (tertiary/aromatic N) is 1. The zero-order chi connectivity index (χ0) is 25.8. The first kappa shape index (κ1) is 25.7. The van der Waals surface area contributed by atoms with Crippen LogP contribution in [0.3, 0.4) is 0 Å². The van der Waals surface area contributed by atoms with Crippen molar-refractivity contribution in [2.24, 2.45) is 0 Å². The van der Waals surface area contributed by atoms with Crippen molar-refractivity contribution in [2.45, 2.75) is 26.4 Å². The number of carbonyl (C=O) groups is 2. The number of rotatable bonds is 7. The summed E-state index contributed by atoms with van der Waals surface area (Å²) in [6, 6.07) is 20.2. The van der Waals surface area contributed by atoms with Crippen molar-refractivity contribution in [1.29, 1.82) is 0 Å². The average molecular weight is 541 g/mol. The lowest BCUT2D eigenvalue weighted by atomic mass is 10.0. The van der Waals surface area contributed by atoms with E-state index >= 15 is 0 Å². The minimum absolute atomic E-state index is 0.0843. The van der Waals surface area contributed by atoms with Gasteiger partial charge in [0.15, 0.2) is 0 Å². The van der Waals surface area contributed by atoms with Crippen LogP contribution in [0.25, 0.3) is 21.6 Å². The van der Waals surface area contributed by atoms with Crippen LogP contribution in [0, 0.1) is 6.92 Å². The predicted molar refractivity (Wildman–Crippen MR) is 144 cm³/mol. The minimum atomic E-state index is -0.908. The summed E-state index contributed by atoms with van der Waals surface area (Å²) < 4.78 is 9.96. The number of nitrogens with one attached hydrogen (secondary N) is 1. The van der Waals surface area contributed by atoms with Crippen molar-refractivity contribution in [3.8, 4) is 21.6 Å². The van der Waals surface area contributed by atoms with Gasteiger partial charge in [-0.2, -0.15) is 4.37 Å². The van der Waals surface area contributed by atoms with Gasteiger partial charge in [0.2, 0.25) is 0 Å². The molecular weight excluding hydrogens is 519 g/mol. The fourth-order valence-corrected chi connectivity index (χ4v) is 5.21. The number of ether oxygens (including phenoxy) is 1. The third-order valence-electron chi connectivity index (χ3n) is 5.56. The van der Waals surface area contributed by atoms with Crippen LogP contribution >= 0.6 is 34.7 Å². The van der Waals surface area contributed by atoms with E-state index in [-0.39, 0.29) is 6.42 Å². The van der Waals surface area contributed by atoms with Gasteiger partial charge in [0.1, 0.15) is 6.10 Å². The fourth-order valence-electron chi connectivity index (χ4n) is 3.75. The molecule has 2 N–H and O–H groups in total. The fraction of sp³-hybridized carbons (Fsp3) is 0.148. The molecule has 184 valence electrons. The Balaban J connectivity index is 1.51. The highest BCUT2D eigenvalue weighted by atomic mass is 35.5. The largest absolute Gasteiger partial charge is 0.481 e. The summed E-state index contributed by atoms with van der Waals surface area (Å²) in [5.41, 5.74) is 5.18. The zero-order valence-electron chi connectivity index (χ0n) is 19.4. The molecule has 0 spiro atoms. The van der Waals surface area contributed by atoms with Crippen LogP contribution in [-0.4, -0.2) is 21.5 Å². The number of carbonyl (C=O) groups excluding carboxylic acids is 1. The summed E-state index contributed by atoms with van der Waals surface area (Å²) in [4.78, 5) is 24.4. The Bertz CT molecular complexity index is 1420. The Morgan fingerprint density at radius 1 is 1.03 bits per heavy atom. The molecule has 1 aromatic heterocycles. The van der Waals surface area contributed by atoms with Crippen LogP contribution in [-0.2, 0) is 16.0 Å². The van der Waals surface area contributed by atoms with Crippen molar-refractivity contribution in [3.63, 3.8) is 0 Å². The van der Waals surface area contributed by atoms with Crippen molar-refractivity contribution >= 4 is 52.5 Å². The number of anilines is 1. The first-order valence-corrected chi connectivity index (χ1v) is 12.5. The third kappa shape index (κ3) is 5.87. The maximum atomic E-state index is 12.7. The van der Waals surface area contributed by atoms with Crippen LogP contribution in [0.5, 0.6) is 0 Å². The normalized spacial score (nSPS) is 11.7. The van der Waals surface area contributed by atoms with E-state index in [9.17, 15) is 9.59 Å². The lowest BCUT2D eigenvalue weighted by molar-refractivity contribution is -0.136. The van der Waals surface area contributed by atoms with Crippen molar-refractivity contribution in [2.75, 3.05) is 5.32 Å². The molecule has 1 atom stereocenters. The molecule has 4 aromatic rings. The van der Waals surface area contributed by atoms with Crippen LogP contribution < -0.4 is 5.32 Å². The molecule has 1 amide bonds. The molecule has 36 heavy (non-hydrogen) atoms. The van der Waals surface area contributed by atoms with Crippen molar-refractivity contribution < 1.29 is 19.4 Å². The minimum Gasteiger partial charge on any atom is -0.481 e. The van der Waals surface area contributed by atoms with Gasteiger partial charge in [-0.05, 0) is 54.2 Å². The van der Waals surface area contributed by atoms with Gasteiger partial charge in [-0.3, -0.25) is 10.1 Å². The van der Waals surface area contributed by atoms with E-state index in [1.165, 1.54) is 11.5 Å². The van der Waals surface area contributed by atoms with Crippen molar-refractivity contribution in [1.82, 2.24) is 4.37 Å². The van der Waals surface area contributed by atoms with Gasteiger partial charge in [0, 0.05) is 21.2 Å². The summed E-state index contributed by atoms with van der Waals surface area (Å²) in [5.74, 6) is -0.908. The lowest BCUT2D eigenvalue weighted by Crippen LogP contribution is -2.16. The van der Waals surface area contributed by atoms with E-state index in [0.717, 1.165) is 27.1 Å². The summed E-state index contributed by atoms with van der Waals surface area (Å²) in [5, 5.41) is 12.8. The van der Waals surface area contributed by atoms with Gasteiger partial charge < -0.3 is 9.84 Å². The number of benzene rings is 3. The Morgan fingerprint density at radius 2 is 1.72 bits per heavy atom. The maximum absolute atomic E-state index is 12.7. The number of carboxylic acids is 1. The topological polar surface area (TPSA) is 88.5 Å². The third-order valence-corrected chi connectivity index (χ3v) is 7.21. The quantitative estimate of drug-likeness (QED) is 0.247. The van der Waals surface area contributed by atoms with Crippen LogP contribution in [0.2, 0.25) is 10.0 Å². The number of hydrogen-bond acceptors (Lipinski definition) is 5. The van der Waals surface area contributed by atoms with Crippen molar-refractivity contribution in [3.05, 3.63) is 93.6 Å². The summed E-state index contributed by atoms with van der Waals surface area (Å²) in [6.45, 7) is 3.58. The molecule has 0 bridgehead atoms. The first-order valence-electron chi connectivity index (χ1n) is 11.0. The average Bonchev–Trinajstić information content (AvgIpc) is 3.19. The molecule has 0 radical (unpaired) electrons. The van der Waals surface area contributed by atoms with E-state index in [0.29, 0.717) is 27.0 Å². The molecule has 0 aliphatic carbocycles. The number of hydrogen-bond donors (Lipinski definition) is 2. The van der Waals surface area contributed by atoms with Gasteiger partial charge in [-0.1, -0.05) is 77.8 Å². The van der Waals surface area contributed by atoms with Gasteiger partial charge in [0.25, 0.3) is 0 Å². The number of amides is 1. The molecule has 1 heterocycles. The van der Waals surface area contributed by atoms with Gasteiger partial charge in [-0.15, -0.1) is 0 Å². The highest BCUT2D eigenvalue weighted by molar-refractivity contribution is 7.10. The molecule has 0 fully saturated rings. The number of aromatic nitrogens is 1. The summed E-state index contributed by atoms with van der Waals surface area (Å²) in [7, 11) is 0.